The second-order valence-electron chi connectivity index (χ2n) is 9.14. The summed E-state index contributed by atoms with van der Waals surface area (Å²) in [5.41, 5.74) is 1.51. The third kappa shape index (κ3) is 6.34. The Kier molecular flexibility index (Phi) is 10.1. The smallest absolute Gasteiger partial charge is 0.290 e. The first-order valence-electron chi connectivity index (χ1n) is 13.0. The van der Waals surface area contributed by atoms with Gasteiger partial charge in [0.25, 0.3) is 5.91 Å². The maximum absolute atomic E-state index is 13.6. The first kappa shape index (κ1) is 27.9. The van der Waals surface area contributed by atoms with Crippen molar-refractivity contribution in [1.82, 2.24) is 14.8 Å². The molecule has 0 saturated heterocycles. The predicted molar refractivity (Wildman–Crippen MR) is 144 cm³/mol. The highest BCUT2D eigenvalue weighted by molar-refractivity contribution is 7.14. The van der Waals surface area contributed by atoms with Crippen LogP contribution in [0.2, 0.25) is 0 Å². The van der Waals surface area contributed by atoms with E-state index in [0.29, 0.717) is 30.3 Å². The lowest BCUT2D eigenvalue weighted by atomic mass is 9.95. The number of rotatable bonds is 14. The zero-order valence-electron chi connectivity index (χ0n) is 22.2. The van der Waals surface area contributed by atoms with Gasteiger partial charge < -0.3 is 19.6 Å². The van der Waals surface area contributed by atoms with Gasteiger partial charge in [0.15, 0.2) is 5.76 Å². The molecule has 0 bridgehead atoms. The highest BCUT2D eigenvalue weighted by Gasteiger charge is 2.44. The Morgan fingerprint density at radius 2 is 1.81 bits per heavy atom. The van der Waals surface area contributed by atoms with Gasteiger partial charge in [0.2, 0.25) is 5.78 Å². The number of ether oxygens (including phenoxy) is 1. The molecule has 1 N–H and O–H groups in total. The topological polar surface area (TPSA) is 83.0 Å². The number of Topliss-reactive ketones (excluding diaryl/α,β-unsaturated/α-hetero) is 1. The lowest BCUT2D eigenvalue weighted by molar-refractivity contribution is -0.129. The van der Waals surface area contributed by atoms with Gasteiger partial charge in [-0.1, -0.05) is 52.2 Å². The number of thiazole rings is 1. The van der Waals surface area contributed by atoms with E-state index < -0.39 is 17.7 Å². The second-order valence-corrected chi connectivity index (χ2v) is 10.3. The summed E-state index contributed by atoms with van der Waals surface area (Å²) in [6.45, 7) is 13.4. The van der Waals surface area contributed by atoms with Gasteiger partial charge in [0.05, 0.1) is 33.8 Å². The fourth-order valence-electron chi connectivity index (χ4n) is 4.58. The van der Waals surface area contributed by atoms with E-state index in [-0.39, 0.29) is 11.4 Å². The van der Waals surface area contributed by atoms with Gasteiger partial charge in [0, 0.05) is 13.1 Å². The maximum atomic E-state index is 13.6. The summed E-state index contributed by atoms with van der Waals surface area (Å²) in [5.74, 6) is -0.559. The number of hydrogen-bond donors (Lipinski definition) is 1. The summed E-state index contributed by atoms with van der Waals surface area (Å²) in [7, 11) is 0. The van der Waals surface area contributed by atoms with Crippen molar-refractivity contribution in [1.29, 1.82) is 0 Å². The molecular weight excluding hydrogens is 474 g/mol. The molecule has 0 spiro atoms. The molecule has 2 aromatic rings. The van der Waals surface area contributed by atoms with E-state index >= 15 is 0 Å². The fraction of sp³-hybridized carbons (Fsp3) is 0.536. The van der Waals surface area contributed by atoms with E-state index in [0.717, 1.165) is 42.3 Å². The van der Waals surface area contributed by atoms with Gasteiger partial charge >= 0.3 is 0 Å². The van der Waals surface area contributed by atoms with Crippen molar-refractivity contribution in [3.8, 4) is 5.75 Å². The van der Waals surface area contributed by atoms with Crippen LogP contribution in [0.25, 0.3) is 0 Å². The molecule has 8 heteroatoms. The zero-order valence-corrected chi connectivity index (χ0v) is 23.0. The van der Waals surface area contributed by atoms with Crippen LogP contribution in [0, 0.1) is 13.8 Å². The van der Waals surface area contributed by atoms with Crippen LogP contribution in [0.15, 0.2) is 35.6 Å². The maximum Gasteiger partial charge on any atom is 0.290 e. The molecule has 1 unspecified atom stereocenters. The molecule has 0 fully saturated rings. The minimum atomic E-state index is -0.666. The Morgan fingerprint density at radius 1 is 1.11 bits per heavy atom. The highest BCUT2D eigenvalue weighted by Crippen LogP contribution is 2.40. The summed E-state index contributed by atoms with van der Waals surface area (Å²) in [4.78, 5) is 35.5. The Balaban J connectivity index is 1.90. The van der Waals surface area contributed by atoms with Crippen LogP contribution in [0.3, 0.4) is 0 Å². The van der Waals surface area contributed by atoms with E-state index in [4.69, 9.17) is 4.74 Å². The van der Waals surface area contributed by atoms with Crippen molar-refractivity contribution in [2.75, 3.05) is 32.8 Å². The quantitative estimate of drug-likeness (QED) is 0.260. The van der Waals surface area contributed by atoms with Crippen molar-refractivity contribution >= 4 is 23.0 Å². The Labute approximate surface area is 218 Å². The number of aromatic nitrogens is 1. The van der Waals surface area contributed by atoms with E-state index in [2.05, 4.69) is 30.7 Å². The molecule has 1 atom stereocenters. The number of carbonyl (C=O) groups excluding carboxylic acids is 2. The fourth-order valence-corrected chi connectivity index (χ4v) is 5.46. The van der Waals surface area contributed by atoms with E-state index in [1.54, 1.807) is 11.8 Å². The number of benzene rings is 1. The number of aliphatic hydroxyl groups is 1. The molecule has 1 aromatic heterocycles. The zero-order chi connectivity index (χ0) is 26.2. The number of aliphatic hydroxyl groups excluding tert-OH is 1. The Hall–Kier alpha value is -2.71. The molecule has 0 aliphatic carbocycles. The number of amides is 1. The number of aryl methyl sites for hydroxylation is 2. The summed E-state index contributed by atoms with van der Waals surface area (Å²) in [5, 5.41) is 11.7. The molecule has 36 heavy (non-hydrogen) atoms. The van der Waals surface area contributed by atoms with Gasteiger partial charge in [0.1, 0.15) is 5.75 Å². The molecule has 1 amide bonds. The molecular formula is C28H39N3O4S. The minimum absolute atomic E-state index is 0.125. The Morgan fingerprint density at radius 3 is 2.39 bits per heavy atom. The van der Waals surface area contributed by atoms with Crippen molar-refractivity contribution in [2.45, 2.75) is 66.3 Å². The van der Waals surface area contributed by atoms with Gasteiger partial charge in [-0.2, -0.15) is 0 Å². The van der Waals surface area contributed by atoms with Gasteiger partial charge in [-0.3, -0.25) is 9.59 Å². The summed E-state index contributed by atoms with van der Waals surface area (Å²) >= 11 is 1.29. The summed E-state index contributed by atoms with van der Waals surface area (Å²) < 4.78 is 5.89. The van der Waals surface area contributed by atoms with Gasteiger partial charge in [-0.05, 0) is 51.1 Å². The third-order valence-corrected chi connectivity index (χ3v) is 7.74. The lowest BCUT2D eigenvalue weighted by Crippen LogP contribution is -2.38. The highest BCUT2D eigenvalue weighted by atomic mass is 32.1. The number of nitrogens with zero attached hydrogens (tertiary/aromatic N) is 3. The third-order valence-electron chi connectivity index (χ3n) is 6.67. The standard InChI is InChI=1S/C28H39N3O4S/c1-6-9-10-11-18-35-22-14-12-21(13-15-22)24-23(25(32)27-19(4)29-20(5)36-27)26(33)28(34)31(24)17-16-30(7-2)8-3/h12-15,24,33H,6-11,16-18H2,1-5H3. The van der Waals surface area contributed by atoms with Crippen molar-refractivity contribution in [3.63, 3.8) is 0 Å². The Bertz CT molecular complexity index is 1070. The van der Waals surface area contributed by atoms with Crippen LogP contribution in [0.4, 0.5) is 0 Å². The number of likely N-dealkylation sites (N-methyl/N-ethyl adjacent to an activating group) is 1. The SMILES string of the molecule is CCCCCCOc1ccc(C2C(C(=O)c3sc(C)nc3C)=C(O)C(=O)N2CCN(CC)CC)cc1. The number of ketones is 1. The normalized spacial score (nSPS) is 15.9. The molecule has 0 saturated carbocycles. The van der Waals surface area contributed by atoms with E-state index in [9.17, 15) is 14.7 Å². The van der Waals surface area contributed by atoms with Crippen LogP contribution in [-0.2, 0) is 4.79 Å². The summed E-state index contributed by atoms with van der Waals surface area (Å²) in [6.07, 6.45) is 4.54. The number of unbranched alkanes of at least 4 members (excludes halogenated alkanes) is 3. The minimum Gasteiger partial charge on any atom is -0.503 e. The van der Waals surface area contributed by atoms with E-state index in [1.807, 2.05) is 31.2 Å². The predicted octanol–water partition coefficient (Wildman–Crippen LogP) is 5.64. The molecule has 7 nitrogen and oxygen atoms in total. The van der Waals surface area contributed by atoms with Crippen LogP contribution in [0.1, 0.15) is 78.4 Å². The average Bonchev–Trinajstić information content (AvgIpc) is 3.34. The molecule has 0 radical (unpaired) electrons. The molecule has 1 aliphatic rings. The molecule has 196 valence electrons. The number of hydrogen-bond acceptors (Lipinski definition) is 7. The second kappa shape index (κ2) is 13.0. The van der Waals surface area contributed by atoms with Crippen LogP contribution in [-0.4, -0.2) is 64.4 Å². The lowest BCUT2D eigenvalue weighted by Gasteiger charge is -2.29. The van der Waals surface area contributed by atoms with Crippen LogP contribution in [0.5, 0.6) is 5.75 Å². The first-order valence-corrected chi connectivity index (χ1v) is 13.8. The molecule has 2 heterocycles. The monoisotopic (exact) mass is 513 g/mol. The molecule has 1 aliphatic heterocycles. The van der Waals surface area contributed by atoms with E-state index in [1.165, 1.54) is 24.2 Å². The number of carbonyl (C=O) groups is 2. The van der Waals surface area contributed by atoms with Crippen LogP contribution < -0.4 is 4.74 Å². The van der Waals surface area contributed by atoms with Crippen molar-refractivity contribution < 1.29 is 19.4 Å². The summed E-state index contributed by atoms with van der Waals surface area (Å²) in [6, 6.07) is 6.87. The van der Waals surface area contributed by atoms with Crippen molar-refractivity contribution in [3.05, 3.63) is 56.7 Å². The molecule has 3 rings (SSSR count). The average molecular weight is 514 g/mol. The van der Waals surface area contributed by atoms with Gasteiger partial charge in [-0.15, -0.1) is 11.3 Å². The van der Waals surface area contributed by atoms with Gasteiger partial charge in [-0.25, -0.2) is 4.98 Å². The largest absolute Gasteiger partial charge is 0.503 e. The molecule has 1 aromatic carbocycles. The van der Waals surface area contributed by atoms with Crippen molar-refractivity contribution in [2.24, 2.45) is 0 Å². The van der Waals surface area contributed by atoms with Crippen LogP contribution >= 0.6 is 11.3 Å². The first-order chi connectivity index (χ1) is 17.3.